The molecule has 1 aromatic carbocycles. The first-order valence-corrected chi connectivity index (χ1v) is 11.3. The van der Waals surface area contributed by atoms with Gasteiger partial charge >= 0.3 is 0 Å². The van der Waals surface area contributed by atoms with E-state index in [-0.39, 0.29) is 36.1 Å². The molecule has 0 aliphatic heterocycles. The molecule has 0 atom stereocenters. The standard InChI is InChI=1S/C22H28BrN3O3/c23-18-3-1-17(2-4-18)21(29)24-6-5-19(27)25-26-20(28)13-22-10-14-7-15(11-22)9-16(8-14)12-22/h1-4,14-16H,5-13H2,(H,24,29)(H,25,27)(H,26,28). The topological polar surface area (TPSA) is 87.3 Å². The number of hydrazine groups is 1. The third kappa shape index (κ3) is 5.00. The first-order chi connectivity index (χ1) is 13.9. The van der Waals surface area contributed by atoms with E-state index < -0.39 is 0 Å². The Morgan fingerprint density at radius 1 is 0.897 bits per heavy atom. The van der Waals surface area contributed by atoms with Gasteiger partial charge in [-0.25, -0.2) is 0 Å². The molecule has 0 spiro atoms. The molecule has 5 rings (SSSR count). The van der Waals surface area contributed by atoms with Gasteiger partial charge in [-0.1, -0.05) is 15.9 Å². The van der Waals surface area contributed by atoms with E-state index in [0.29, 0.717) is 12.0 Å². The lowest BCUT2D eigenvalue weighted by Crippen LogP contribution is -2.50. The molecule has 3 N–H and O–H groups in total. The van der Waals surface area contributed by atoms with Crippen molar-refractivity contribution in [2.45, 2.75) is 51.4 Å². The maximum atomic E-state index is 12.4. The lowest BCUT2D eigenvalue weighted by molar-refractivity contribution is -0.134. The fourth-order valence-corrected chi connectivity index (χ4v) is 6.35. The average Bonchev–Trinajstić information content (AvgIpc) is 2.65. The average molecular weight is 462 g/mol. The Kier molecular flexibility index (Phi) is 5.95. The number of benzene rings is 1. The monoisotopic (exact) mass is 461 g/mol. The highest BCUT2D eigenvalue weighted by Crippen LogP contribution is 2.61. The maximum absolute atomic E-state index is 12.4. The van der Waals surface area contributed by atoms with Crippen molar-refractivity contribution >= 4 is 33.7 Å². The highest BCUT2D eigenvalue weighted by atomic mass is 79.9. The summed E-state index contributed by atoms with van der Waals surface area (Å²) in [5.41, 5.74) is 5.76. The summed E-state index contributed by atoms with van der Waals surface area (Å²) in [4.78, 5) is 36.4. The van der Waals surface area contributed by atoms with E-state index in [9.17, 15) is 14.4 Å². The highest BCUT2D eigenvalue weighted by molar-refractivity contribution is 9.10. The molecule has 6 nitrogen and oxygen atoms in total. The van der Waals surface area contributed by atoms with Gasteiger partial charge in [0.2, 0.25) is 11.8 Å². The molecule has 4 fully saturated rings. The summed E-state index contributed by atoms with van der Waals surface area (Å²) in [6.45, 7) is 0.214. The summed E-state index contributed by atoms with van der Waals surface area (Å²) < 4.78 is 0.901. The minimum absolute atomic E-state index is 0.0980. The smallest absolute Gasteiger partial charge is 0.251 e. The Morgan fingerprint density at radius 2 is 1.45 bits per heavy atom. The predicted molar refractivity (Wildman–Crippen MR) is 113 cm³/mol. The van der Waals surface area contributed by atoms with Crippen molar-refractivity contribution in [3.63, 3.8) is 0 Å². The number of halogens is 1. The minimum atomic E-state index is -0.306. The summed E-state index contributed by atoms with van der Waals surface area (Å²) >= 11 is 3.33. The normalized spacial score (nSPS) is 29.3. The van der Waals surface area contributed by atoms with E-state index >= 15 is 0 Å². The van der Waals surface area contributed by atoms with Gasteiger partial charge in [0.25, 0.3) is 5.91 Å². The zero-order valence-electron chi connectivity index (χ0n) is 16.5. The van der Waals surface area contributed by atoms with Crippen LogP contribution in [0.3, 0.4) is 0 Å². The van der Waals surface area contributed by atoms with Crippen molar-refractivity contribution in [1.29, 1.82) is 0 Å². The van der Waals surface area contributed by atoms with E-state index in [1.807, 2.05) is 0 Å². The van der Waals surface area contributed by atoms with Crippen LogP contribution in [0.4, 0.5) is 0 Å². The molecule has 0 saturated heterocycles. The summed E-state index contributed by atoms with van der Waals surface area (Å²) in [7, 11) is 0. The predicted octanol–water partition coefficient (Wildman–Crippen LogP) is 3.32. The van der Waals surface area contributed by atoms with Gasteiger partial charge in [0.1, 0.15) is 0 Å². The van der Waals surface area contributed by atoms with Gasteiger partial charge < -0.3 is 5.32 Å². The Morgan fingerprint density at radius 3 is 2.03 bits per heavy atom. The van der Waals surface area contributed by atoms with Gasteiger partial charge in [0.15, 0.2) is 0 Å². The molecule has 7 heteroatoms. The molecule has 29 heavy (non-hydrogen) atoms. The van der Waals surface area contributed by atoms with Crippen LogP contribution in [0.15, 0.2) is 28.7 Å². The van der Waals surface area contributed by atoms with Crippen LogP contribution >= 0.6 is 15.9 Å². The Balaban J connectivity index is 1.16. The molecular formula is C22H28BrN3O3. The number of carbonyl (C=O) groups excluding carboxylic acids is 3. The van der Waals surface area contributed by atoms with Crippen LogP contribution in [0.1, 0.15) is 61.7 Å². The van der Waals surface area contributed by atoms with E-state index in [2.05, 4.69) is 32.1 Å². The molecule has 4 aliphatic rings. The largest absolute Gasteiger partial charge is 0.352 e. The van der Waals surface area contributed by atoms with Gasteiger partial charge in [-0.3, -0.25) is 25.2 Å². The molecular weight excluding hydrogens is 434 g/mol. The summed E-state index contributed by atoms with van der Waals surface area (Å²) in [6, 6.07) is 7.01. The number of carbonyl (C=O) groups is 3. The molecule has 4 saturated carbocycles. The second-order valence-electron chi connectivity index (χ2n) is 9.20. The van der Waals surface area contributed by atoms with Gasteiger partial charge in [0.05, 0.1) is 0 Å². The van der Waals surface area contributed by atoms with Gasteiger partial charge in [-0.05, 0) is 86.0 Å². The van der Waals surface area contributed by atoms with Crippen molar-refractivity contribution in [3.8, 4) is 0 Å². The summed E-state index contributed by atoms with van der Waals surface area (Å²) in [6.07, 6.45) is 8.18. The highest BCUT2D eigenvalue weighted by Gasteiger charge is 2.51. The van der Waals surface area contributed by atoms with Crippen LogP contribution < -0.4 is 16.2 Å². The van der Waals surface area contributed by atoms with Crippen molar-refractivity contribution < 1.29 is 14.4 Å². The fourth-order valence-electron chi connectivity index (χ4n) is 6.09. The molecule has 0 heterocycles. The lowest BCUT2D eigenvalue weighted by Gasteiger charge is -2.56. The number of rotatable bonds is 6. The van der Waals surface area contributed by atoms with Crippen molar-refractivity contribution in [2.75, 3.05) is 6.54 Å². The van der Waals surface area contributed by atoms with Crippen LogP contribution in [0.2, 0.25) is 0 Å². The van der Waals surface area contributed by atoms with Crippen molar-refractivity contribution in [1.82, 2.24) is 16.2 Å². The zero-order chi connectivity index (χ0) is 20.4. The van der Waals surface area contributed by atoms with Crippen LogP contribution in [0.25, 0.3) is 0 Å². The number of hydrogen-bond acceptors (Lipinski definition) is 3. The Hall–Kier alpha value is -1.89. The third-order valence-electron chi connectivity index (χ3n) is 6.79. The molecule has 4 aliphatic carbocycles. The first kappa shape index (κ1) is 20.4. The minimum Gasteiger partial charge on any atom is -0.352 e. The number of nitrogens with one attached hydrogen (secondary N) is 3. The number of hydrogen-bond donors (Lipinski definition) is 3. The molecule has 0 aromatic heterocycles. The van der Waals surface area contributed by atoms with E-state index in [1.165, 1.54) is 38.5 Å². The van der Waals surface area contributed by atoms with Crippen LogP contribution in [-0.4, -0.2) is 24.3 Å². The SMILES string of the molecule is O=C(CCNC(=O)c1ccc(Br)cc1)NNC(=O)CC12CC3CC(CC(C3)C1)C2. The quantitative estimate of drug-likeness (QED) is 0.567. The third-order valence-corrected chi connectivity index (χ3v) is 7.31. The van der Waals surface area contributed by atoms with E-state index in [0.717, 1.165) is 22.2 Å². The Bertz CT molecular complexity index is 758. The Labute approximate surface area is 179 Å². The van der Waals surface area contributed by atoms with Gasteiger partial charge in [0, 0.05) is 29.4 Å². The van der Waals surface area contributed by atoms with Crippen molar-refractivity contribution in [3.05, 3.63) is 34.3 Å². The first-order valence-electron chi connectivity index (χ1n) is 10.5. The van der Waals surface area contributed by atoms with E-state index in [1.54, 1.807) is 24.3 Å². The maximum Gasteiger partial charge on any atom is 0.251 e. The lowest BCUT2D eigenvalue weighted by atomic mass is 9.49. The zero-order valence-corrected chi connectivity index (χ0v) is 18.1. The van der Waals surface area contributed by atoms with Crippen LogP contribution in [0, 0.1) is 23.2 Å². The molecule has 0 radical (unpaired) electrons. The molecule has 4 bridgehead atoms. The fraction of sp³-hybridized carbons (Fsp3) is 0.591. The second-order valence-corrected chi connectivity index (χ2v) is 10.1. The second kappa shape index (κ2) is 8.46. The van der Waals surface area contributed by atoms with Crippen LogP contribution in [0.5, 0.6) is 0 Å². The molecule has 1 aromatic rings. The summed E-state index contributed by atoms with van der Waals surface area (Å²) in [5.74, 6) is 1.78. The van der Waals surface area contributed by atoms with Gasteiger partial charge in [-0.15, -0.1) is 0 Å². The van der Waals surface area contributed by atoms with Gasteiger partial charge in [-0.2, -0.15) is 0 Å². The van der Waals surface area contributed by atoms with Crippen LogP contribution in [-0.2, 0) is 9.59 Å². The molecule has 3 amide bonds. The molecule has 0 unspecified atom stereocenters. The number of amides is 3. The molecule has 156 valence electrons. The van der Waals surface area contributed by atoms with Crippen molar-refractivity contribution in [2.24, 2.45) is 23.2 Å². The van der Waals surface area contributed by atoms with E-state index in [4.69, 9.17) is 0 Å². The summed E-state index contributed by atoms with van der Waals surface area (Å²) in [5, 5.41) is 2.71.